The molecule has 116 valence electrons. The molecule has 4 N–H and O–H groups in total. The minimum absolute atomic E-state index is 0.0342. The minimum Gasteiger partial charge on any atom is -0.352 e. The number of nitrogens with one attached hydrogen (secondary N) is 2. The Kier molecular flexibility index (Phi) is 6.37. The van der Waals surface area contributed by atoms with Crippen LogP contribution in [0, 0.1) is 11.8 Å². The van der Waals surface area contributed by atoms with Crippen LogP contribution in [-0.2, 0) is 4.79 Å². The molecule has 0 aromatic heterocycles. The van der Waals surface area contributed by atoms with E-state index in [1.165, 1.54) is 0 Å². The third-order valence-corrected chi connectivity index (χ3v) is 3.12. The fourth-order valence-electron chi connectivity index (χ4n) is 1.70. The van der Waals surface area contributed by atoms with Crippen molar-refractivity contribution in [2.24, 2.45) is 17.6 Å². The summed E-state index contributed by atoms with van der Waals surface area (Å²) in [6.45, 7) is 8.40. The first-order valence-electron chi connectivity index (χ1n) is 7.26. The summed E-state index contributed by atoms with van der Waals surface area (Å²) in [5.41, 5.74) is 6.75. The van der Waals surface area contributed by atoms with E-state index >= 15 is 0 Å². The number of hydrogen-bond acceptors (Lipinski definition) is 3. The number of carbonyl (C=O) groups excluding carboxylic acids is 2. The summed E-state index contributed by atoms with van der Waals surface area (Å²) in [4.78, 5) is 24.2. The van der Waals surface area contributed by atoms with Gasteiger partial charge in [0, 0.05) is 6.54 Å². The van der Waals surface area contributed by atoms with E-state index in [0.717, 1.165) is 0 Å². The van der Waals surface area contributed by atoms with Gasteiger partial charge in [-0.15, -0.1) is 0 Å². The molecule has 0 saturated heterocycles. The van der Waals surface area contributed by atoms with Crippen molar-refractivity contribution in [3.63, 3.8) is 0 Å². The number of amides is 2. The number of rotatable bonds is 6. The monoisotopic (exact) mass is 291 g/mol. The zero-order chi connectivity index (χ0) is 16.0. The molecule has 5 heteroatoms. The number of benzene rings is 1. The molecule has 1 atom stereocenters. The molecule has 0 aliphatic heterocycles. The molecule has 0 fully saturated rings. The van der Waals surface area contributed by atoms with Crippen LogP contribution in [0.4, 0.5) is 5.69 Å². The first kappa shape index (κ1) is 17.2. The largest absolute Gasteiger partial charge is 0.352 e. The number of hydrogen-bond donors (Lipinski definition) is 3. The number of carbonyl (C=O) groups is 2. The van der Waals surface area contributed by atoms with Crippen molar-refractivity contribution in [2.75, 3.05) is 11.9 Å². The zero-order valence-electron chi connectivity index (χ0n) is 13.1. The number of anilines is 1. The highest BCUT2D eigenvalue weighted by atomic mass is 16.2. The summed E-state index contributed by atoms with van der Waals surface area (Å²) in [6, 6.07) is 6.33. The third-order valence-electron chi connectivity index (χ3n) is 3.12. The van der Waals surface area contributed by atoms with Gasteiger partial charge in [-0.1, -0.05) is 39.8 Å². The van der Waals surface area contributed by atoms with Gasteiger partial charge in [0.05, 0.1) is 17.3 Å². The maximum atomic E-state index is 12.2. The minimum atomic E-state index is -0.600. The van der Waals surface area contributed by atoms with Crippen molar-refractivity contribution < 1.29 is 9.59 Å². The predicted molar refractivity (Wildman–Crippen MR) is 85.1 cm³/mol. The maximum absolute atomic E-state index is 12.2. The van der Waals surface area contributed by atoms with E-state index in [9.17, 15) is 9.59 Å². The Bertz CT molecular complexity index is 498. The van der Waals surface area contributed by atoms with Gasteiger partial charge >= 0.3 is 0 Å². The van der Waals surface area contributed by atoms with Crippen LogP contribution in [0.3, 0.4) is 0 Å². The molecule has 0 spiro atoms. The SMILES string of the molecule is CC(C)CNC(=O)c1ccccc1NC(=O)[C@@H](N)C(C)C. The molecule has 0 bridgehead atoms. The van der Waals surface area contributed by atoms with Crippen LogP contribution in [0.15, 0.2) is 24.3 Å². The van der Waals surface area contributed by atoms with E-state index in [4.69, 9.17) is 5.73 Å². The average Bonchev–Trinajstić information content (AvgIpc) is 2.44. The van der Waals surface area contributed by atoms with Crippen LogP contribution in [0.1, 0.15) is 38.1 Å². The van der Waals surface area contributed by atoms with Gasteiger partial charge in [-0.3, -0.25) is 9.59 Å². The summed E-state index contributed by atoms with van der Waals surface area (Å²) in [6.07, 6.45) is 0. The molecule has 1 rings (SSSR count). The highest BCUT2D eigenvalue weighted by Gasteiger charge is 2.19. The van der Waals surface area contributed by atoms with Crippen LogP contribution >= 0.6 is 0 Å². The summed E-state index contributed by atoms with van der Waals surface area (Å²) in [7, 11) is 0. The van der Waals surface area contributed by atoms with Crippen LogP contribution < -0.4 is 16.4 Å². The molecule has 21 heavy (non-hydrogen) atoms. The maximum Gasteiger partial charge on any atom is 0.253 e. The third kappa shape index (κ3) is 5.19. The fraction of sp³-hybridized carbons (Fsp3) is 0.500. The topological polar surface area (TPSA) is 84.2 Å². The quantitative estimate of drug-likeness (QED) is 0.749. The molecule has 0 unspecified atom stereocenters. The van der Waals surface area contributed by atoms with Crippen LogP contribution in [0.2, 0.25) is 0 Å². The summed E-state index contributed by atoms with van der Waals surface area (Å²) in [5.74, 6) is -0.0798. The Hall–Kier alpha value is -1.88. The second kappa shape index (κ2) is 7.78. The lowest BCUT2D eigenvalue weighted by Crippen LogP contribution is -2.40. The fourth-order valence-corrected chi connectivity index (χ4v) is 1.70. The van der Waals surface area contributed by atoms with Gasteiger partial charge in [-0.05, 0) is 24.0 Å². The number of nitrogens with two attached hydrogens (primary N) is 1. The Morgan fingerprint density at radius 1 is 1.14 bits per heavy atom. The van der Waals surface area contributed by atoms with Gasteiger partial charge in [-0.25, -0.2) is 0 Å². The first-order valence-corrected chi connectivity index (χ1v) is 7.26. The Morgan fingerprint density at radius 3 is 2.33 bits per heavy atom. The molecule has 0 aliphatic carbocycles. The lowest BCUT2D eigenvalue weighted by Gasteiger charge is -2.17. The van der Waals surface area contributed by atoms with E-state index < -0.39 is 6.04 Å². The van der Waals surface area contributed by atoms with Gasteiger partial charge in [0.25, 0.3) is 5.91 Å². The van der Waals surface area contributed by atoms with Crippen molar-refractivity contribution in [3.05, 3.63) is 29.8 Å². The van der Waals surface area contributed by atoms with Crippen molar-refractivity contribution in [3.8, 4) is 0 Å². The lowest BCUT2D eigenvalue weighted by molar-refractivity contribution is -0.118. The van der Waals surface area contributed by atoms with Gasteiger partial charge in [0.2, 0.25) is 5.91 Å². The number of para-hydroxylation sites is 1. The molecule has 0 saturated carbocycles. The summed E-state index contributed by atoms with van der Waals surface area (Å²) in [5, 5.41) is 5.58. The van der Waals surface area contributed by atoms with E-state index in [2.05, 4.69) is 10.6 Å². The Labute approximate surface area is 126 Å². The Balaban J connectivity index is 2.84. The van der Waals surface area contributed by atoms with E-state index in [1.807, 2.05) is 27.7 Å². The smallest absolute Gasteiger partial charge is 0.253 e. The van der Waals surface area contributed by atoms with E-state index in [0.29, 0.717) is 23.7 Å². The van der Waals surface area contributed by atoms with Crippen LogP contribution in [0.25, 0.3) is 0 Å². The second-order valence-corrected chi connectivity index (χ2v) is 5.91. The van der Waals surface area contributed by atoms with E-state index in [1.54, 1.807) is 24.3 Å². The van der Waals surface area contributed by atoms with Crippen LogP contribution in [0.5, 0.6) is 0 Å². The highest BCUT2D eigenvalue weighted by molar-refractivity contribution is 6.04. The molecular weight excluding hydrogens is 266 g/mol. The lowest BCUT2D eigenvalue weighted by atomic mass is 10.0. The van der Waals surface area contributed by atoms with Crippen molar-refractivity contribution in [1.82, 2.24) is 5.32 Å². The predicted octanol–water partition coefficient (Wildman–Crippen LogP) is 1.99. The van der Waals surface area contributed by atoms with Crippen molar-refractivity contribution in [1.29, 1.82) is 0 Å². The standard InChI is InChI=1S/C16H25N3O2/c1-10(2)9-18-15(20)12-7-5-6-8-13(12)19-16(21)14(17)11(3)4/h5-8,10-11,14H,9,17H2,1-4H3,(H,18,20)(H,19,21)/t14-/m0/s1. The Morgan fingerprint density at radius 2 is 1.76 bits per heavy atom. The molecule has 5 nitrogen and oxygen atoms in total. The summed E-state index contributed by atoms with van der Waals surface area (Å²) < 4.78 is 0. The first-order chi connectivity index (χ1) is 9.82. The van der Waals surface area contributed by atoms with Gasteiger partial charge in [0.1, 0.15) is 0 Å². The van der Waals surface area contributed by atoms with Crippen molar-refractivity contribution in [2.45, 2.75) is 33.7 Å². The van der Waals surface area contributed by atoms with Crippen molar-refractivity contribution >= 4 is 17.5 Å². The van der Waals surface area contributed by atoms with Gasteiger partial charge in [0.15, 0.2) is 0 Å². The molecule has 0 radical (unpaired) electrons. The molecule has 0 aliphatic rings. The van der Waals surface area contributed by atoms with Gasteiger partial charge in [-0.2, -0.15) is 0 Å². The highest BCUT2D eigenvalue weighted by Crippen LogP contribution is 2.16. The average molecular weight is 291 g/mol. The molecule has 1 aromatic rings. The van der Waals surface area contributed by atoms with Crippen LogP contribution in [-0.4, -0.2) is 24.4 Å². The molecule has 2 amide bonds. The summed E-state index contributed by atoms with van der Waals surface area (Å²) >= 11 is 0. The molecular formula is C16H25N3O2. The molecule has 0 heterocycles. The normalized spacial score (nSPS) is 12.3. The molecule has 1 aromatic carbocycles. The van der Waals surface area contributed by atoms with E-state index in [-0.39, 0.29) is 17.7 Å². The van der Waals surface area contributed by atoms with Gasteiger partial charge < -0.3 is 16.4 Å². The second-order valence-electron chi connectivity index (χ2n) is 5.91. The zero-order valence-corrected chi connectivity index (χ0v) is 13.1.